The number of nitrogens with zero attached hydrogens (tertiary/aromatic N) is 1. The lowest BCUT2D eigenvalue weighted by molar-refractivity contribution is 0.112. The monoisotopic (exact) mass is 319 g/mol. The van der Waals surface area contributed by atoms with Gasteiger partial charge in [0.2, 0.25) is 0 Å². The van der Waals surface area contributed by atoms with Crippen LogP contribution >= 0.6 is 23.2 Å². The molecule has 2 aromatic rings. The van der Waals surface area contributed by atoms with Crippen molar-refractivity contribution in [1.82, 2.24) is 4.90 Å². The second kappa shape index (κ2) is 5.80. The van der Waals surface area contributed by atoms with E-state index in [2.05, 4.69) is 11.9 Å². The highest BCUT2D eigenvalue weighted by Gasteiger charge is 2.26. The highest BCUT2D eigenvalue weighted by atomic mass is 35.5. The van der Waals surface area contributed by atoms with Crippen LogP contribution in [0.3, 0.4) is 0 Å². The van der Waals surface area contributed by atoms with Gasteiger partial charge < -0.3 is 4.90 Å². The van der Waals surface area contributed by atoms with Crippen molar-refractivity contribution in [2.75, 3.05) is 13.6 Å². The van der Waals surface area contributed by atoms with Gasteiger partial charge in [0.1, 0.15) is 6.29 Å². The molecule has 0 radical (unpaired) electrons. The van der Waals surface area contributed by atoms with E-state index in [4.69, 9.17) is 23.2 Å². The summed E-state index contributed by atoms with van der Waals surface area (Å²) in [4.78, 5) is 13.0. The fraction of sp³-hybridized carbons (Fsp3) is 0.235. The molecule has 0 aliphatic carbocycles. The SMILES string of the molecule is CN1Cc2c(Cl)cc(Cl)cc2C(c2ccc(C=O)cc2)C1. The van der Waals surface area contributed by atoms with E-state index in [1.165, 1.54) is 11.1 Å². The Morgan fingerprint density at radius 2 is 1.90 bits per heavy atom. The Hall–Kier alpha value is -1.35. The summed E-state index contributed by atoms with van der Waals surface area (Å²) in [6.45, 7) is 1.73. The molecule has 1 heterocycles. The molecule has 0 aromatic heterocycles. The minimum absolute atomic E-state index is 0.218. The molecule has 4 heteroatoms. The second-order valence-corrected chi connectivity index (χ2v) is 6.33. The van der Waals surface area contributed by atoms with Gasteiger partial charge in [0.15, 0.2) is 0 Å². The molecule has 3 rings (SSSR count). The highest BCUT2D eigenvalue weighted by molar-refractivity contribution is 6.35. The van der Waals surface area contributed by atoms with Crippen LogP contribution in [0, 0.1) is 0 Å². The Morgan fingerprint density at radius 1 is 1.19 bits per heavy atom. The Morgan fingerprint density at radius 3 is 2.57 bits per heavy atom. The van der Waals surface area contributed by atoms with Crippen molar-refractivity contribution in [1.29, 1.82) is 0 Å². The highest BCUT2D eigenvalue weighted by Crippen LogP contribution is 2.38. The summed E-state index contributed by atoms with van der Waals surface area (Å²) in [7, 11) is 2.08. The third kappa shape index (κ3) is 2.84. The van der Waals surface area contributed by atoms with Gasteiger partial charge in [-0.3, -0.25) is 4.79 Å². The first-order chi connectivity index (χ1) is 10.1. The number of aldehydes is 1. The molecule has 2 nitrogen and oxygen atoms in total. The molecule has 1 aliphatic rings. The smallest absolute Gasteiger partial charge is 0.150 e. The third-order valence-electron chi connectivity index (χ3n) is 3.97. The zero-order valence-corrected chi connectivity index (χ0v) is 13.2. The molecule has 0 saturated carbocycles. The summed E-state index contributed by atoms with van der Waals surface area (Å²) in [6.07, 6.45) is 0.860. The van der Waals surface area contributed by atoms with Crippen molar-refractivity contribution in [2.45, 2.75) is 12.5 Å². The minimum atomic E-state index is 0.218. The molecule has 0 bridgehead atoms. The average molecular weight is 320 g/mol. The molecule has 0 saturated heterocycles. The van der Waals surface area contributed by atoms with Gasteiger partial charge >= 0.3 is 0 Å². The maximum absolute atomic E-state index is 10.8. The number of rotatable bonds is 2. The van der Waals surface area contributed by atoms with Gasteiger partial charge in [0, 0.05) is 34.6 Å². The second-order valence-electron chi connectivity index (χ2n) is 5.49. The number of carbonyl (C=O) groups excluding carboxylic acids is 1. The number of carbonyl (C=O) groups is 1. The fourth-order valence-corrected chi connectivity index (χ4v) is 3.51. The van der Waals surface area contributed by atoms with Gasteiger partial charge in [-0.05, 0) is 35.9 Å². The maximum Gasteiger partial charge on any atom is 0.150 e. The molecule has 0 amide bonds. The van der Waals surface area contributed by atoms with E-state index in [-0.39, 0.29) is 5.92 Å². The van der Waals surface area contributed by atoms with Gasteiger partial charge in [-0.25, -0.2) is 0 Å². The number of fused-ring (bicyclic) bond motifs is 1. The van der Waals surface area contributed by atoms with Crippen LogP contribution < -0.4 is 0 Å². The van der Waals surface area contributed by atoms with Crippen LogP contribution in [0.4, 0.5) is 0 Å². The van der Waals surface area contributed by atoms with Crippen LogP contribution in [0.15, 0.2) is 36.4 Å². The van der Waals surface area contributed by atoms with E-state index >= 15 is 0 Å². The van der Waals surface area contributed by atoms with Gasteiger partial charge in [-0.2, -0.15) is 0 Å². The molecular formula is C17H15Cl2NO. The molecule has 2 aromatic carbocycles. The Balaban J connectivity index is 2.09. The quantitative estimate of drug-likeness (QED) is 0.765. The molecule has 21 heavy (non-hydrogen) atoms. The lowest BCUT2D eigenvalue weighted by Gasteiger charge is -2.33. The zero-order valence-electron chi connectivity index (χ0n) is 11.6. The van der Waals surface area contributed by atoms with Crippen molar-refractivity contribution in [3.05, 3.63) is 68.7 Å². The molecule has 0 N–H and O–H groups in total. The van der Waals surface area contributed by atoms with E-state index in [1.807, 2.05) is 30.3 Å². The van der Waals surface area contributed by atoms with Gasteiger partial charge in [-0.1, -0.05) is 47.5 Å². The average Bonchev–Trinajstić information content (AvgIpc) is 2.47. The first-order valence-electron chi connectivity index (χ1n) is 6.80. The molecule has 108 valence electrons. The standard InChI is InChI=1S/C17H15Cl2NO/c1-20-8-15(12-4-2-11(10-21)3-5-12)14-6-13(18)7-17(19)16(14)9-20/h2-7,10,15H,8-9H2,1H3. The summed E-state index contributed by atoms with van der Waals surface area (Å²) in [6, 6.07) is 11.5. The third-order valence-corrected chi connectivity index (χ3v) is 4.52. The predicted octanol–water partition coefficient (Wildman–Crippen LogP) is 4.38. The van der Waals surface area contributed by atoms with Crippen molar-refractivity contribution >= 4 is 29.5 Å². The Bertz CT molecular complexity index is 682. The first-order valence-corrected chi connectivity index (χ1v) is 7.55. The lowest BCUT2D eigenvalue weighted by atomic mass is 9.84. The molecule has 0 spiro atoms. The van der Waals surface area contributed by atoms with Crippen molar-refractivity contribution in [2.24, 2.45) is 0 Å². The van der Waals surface area contributed by atoms with Crippen LogP contribution in [-0.2, 0) is 6.54 Å². The molecule has 1 aliphatic heterocycles. The number of hydrogen-bond donors (Lipinski definition) is 0. The summed E-state index contributed by atoms with van der Waals surface area (Å²) in [5, 5.41) is 1.39. The van der Waals surface area contributed by atoms with Crippen LogP contribution in [0.5, 0.6) is 0 Å². The molecule has 1 unspecified atom stereocenters. The van der Waals surface area contributed by atoms with E-state index in [0.29, 0.717) is 10.6 Å². The van der Waals surface area contributed by atoms with Crippen molar-refractivity contribution < 1.29 is 4.79 Å². The van der Waals surface area contributed by atoms with E-state index in [1.54, 1.807) is 6.07 Å². The Kier molecular flexibility index (Phi) is 4.03. The molecule has 0 fully saturated rings. The van der Waals surface area contributed by atoms with Crippen LogP contribution in [-0.4, -0.2) is 24.8 Å². The van der Waals surface area contributed by atoms with Crippen molar-refractivity contribution in [3.8, 4) is 0 Å². The van der Waals surface area contributed by atoms with Gasteiger partial charge in [0.05, 0.1) is 0 Å². The maximum atomic E-state index is 10.8. The summed E-state index contributed by atoms with van der Waals surface area (Å²) in [5.74, 6) is 0.218. The lowest BCUT2D eigenvalue weighted by Crippen LogP contribution is -2.31. The van der Waals surface area contributed by atoms with Gasteiger partial charge in [0.25, 0.3) is 0 Å². The number of likely N-dealkylation sites (N-methyl/N-ethyl adjacent to an activating group) is 1. The van der Waals surface area contributed by atoms with Crippen LogP contribution in [0.25, 0.3) is 0 Å². The summed E-state index contributed by atoms with van der Waals surface area (Å²) >= 11 is 12.5. The first kappa shape index (κ1) is 14.6. The van der Waals surface area contributed by atoms with E-state index < -0.39 is 0 Å². The number of hydrogen-bond acceptors (Lipinski definition) is 2. The van der Waals surface area contributed by atoms with Crippen molar-refractivity contribution in [3.63, 3.8) is 0 Å². The normalized spacial score (nSPS) is 18.3. The summed E-state index contributed by atoms with van der Waals surface area (Å²) in [5.41, 5.74) is 4.18. The van der Waals surface area contributed by atoms with Crippen LogP contribution in [0.2, 0.25) is 10.0 Å². The van der Waals surface area contributed by atoms with E-state index in [0.717, 1.165) is 30.0 Å². The van der Waals surface area contributed by atoms with E-state index in [9.17, 15) is 4.79 Å². The number of halogens is 2. The van der Waals surface area contributed by atoms with Crippen LogP contribution in [0.1, 0.15) is 33.0 Å². The minimum Gasteiger partial charge on any atom is -0.301 e. The fourth-order valence-electron chi connectivity index (χ4n) is 2.94. The molecule has 1 atom stereocenters. The topological polar surface area (TPSA) is 20.3 Å². The molecular weight excluding hydrogens is 305 g/mol. The summed E-state index contributed by atoms with van der Waals surface area (Å²) < 4.78 is 0. The van der Waals surface area contributed by atoms with Gasteiger partial charge in [-0.15, -0.1) is 0 Å². The zero-order chi connectivity index (χ0) is 15.0. The number of benzene rings is 2. The predicted molar refractivity (Wildman–Crippen MR) is 86.5 cm³/mol. The Labute approximate surface area is 134 Å². The largest absolute Gasteiger partial charge is 0.301 e.